The van der Waals surface area contributed by atoms with Gasteiger partial charge in [0.05, 0.1) is 21.8 Å². The molecule has 3 aromatic rings. The van der Waals surface area contributed by atoms with Gasteiger partial charge in [0, 0.05) is 31.3 Å². The lowest BCUT2D eigenvalue weighted by Crippen LogP contribution is -2.16. The maximum Gasteiger partial charge on any atom is 0.311 e. The summed E-state index contributed by atoms with van der Waals surface area (Å²) in [5.74, 6) is -1.53. The largest absolute Gasteiger partial charge is 0.481 e. The van der Waals surface area contributed by atoms with Gasteiger partial charge in [-0.1, -0.05) is 38.8 Å². The second kappa shape index (κ2) is 10.1. The van der Waals surface area contributed by atoms with E-state index in [1.807, 2.05) is 16.8 Å². The van der Waals surface area contributed by atoms with Crippen LogP contribution in [0.2, 0.25) is 0 Å². The SMILES string of the molecule is CCCCCNc1ccc2c3c1c(=O)c1cc(OC(=O)CC(C)CC(=O)O)ccc1n3C=CC2. The summed E-state index contributed by atoms with van der Waals surface area (Å²) in [6.07, 6.45) is 7.98. The van der Waals surface area contributed by atoms with Gasteiger partial charge in [-0.2, -0.15) is 0 Å². The second-order valence-electron chi connectivity index (χ2n) is 8.98. The number of anilines is 1. The van der Waals surface area contributed by atoms with Crippen LogP contribution in [0.3, 0.4) is 0 Å². The quantitative estimate of drug-likeness (QED) is 0.186. The van der Waals surface area contributed by atoms with Gasteiger partial charge in [0.1, 0.15) is 5.75 Å². The van der Waals surface area contributed by atoms with E-state index in [-0.39, 0.29) is 29.9 Å². The fraction of sp³-hybridized carbons (Fsp3) is 0.370. The van der Waals surface area contributed by atoms with Crippen molar-refractivity contribution in [1.82, 2.24) is 4.57 Å². The number of carbonyl (C=O) groups excluding carboxylic acids is 1. The molecular weight excluding hydrogens is 432 g/mol. The van der Waals surface area contributed by atoms with Crippen LogP contribution in [0.1, 0.15) is 51.5 Å². The third-order valence-corrected chi connectivity index (χ3v) is 6.16. The van der Waals surface area contributed by atoms with E-state index in [0.29, 0.717) is 10.8 Å². The number of pyridine rings is 1. The number of carboxylic acid groups (broad SMARTS) is 1. The number of nitrogens with one attached hydrogen (secondary N) is 1. The average molecular weight is 463 g/mol. The Balaban J connectivity index is 1.73. The molecule has 0 saturated carbocycles. The highest BCUT2D eigenvalue weighted by atomic mass is 16.5. The molecule has 1 unspecified atom stereocenters. The normalized spacial score (nSPS) is 13.2. The maximum atomic E-state index is 13.7. The fourth-order valence-corrected chi connectivity index (χ4v) is 4.54. The van der Waals surface area contributed by atoms with Gasteiger partial charge in [-0.15, -0.1) is 0 Å². The number of carboxylic acids is 1. The molecule has 4 rings (SSSR count). The van der Waals surface area contributed by atoms with E-state index in [2.05, 4.69) is 24.4 Å². The van der Waals surface area contributed by atoms with Crippen molar-refractivity contribution in [2.24, 2.45) is 5.92 Å². The first kappa shape index (κ1) is 23.5. The van der Waals surface area contributed by atoms with Gasteiger partial charge >= 0.3 is 11.9 Å². The van der Waals surface area contributed by atoms with E-state index in [9.17, 15) is 14.4 Å². The Morgan fingerprint density at radius 2 is 2.00 bits per heavy atom. The Bertz CT molecular complexity index is 1340. The van der Waals surface area contributed by atoms with Crippen molar-refractivity contribution >= 4 is 45.6 Å². The minimum absolute atomic E-state index is 0.00971. The fourth-order valence-electron chi connectivity index (χ4n) is 4.54. The molecule has 0 saturated heterocycles. The molecule has 34 heavy (non-hydrogen) atoms. The Morgan fingerprint density at radius 3 is 2.76 bits per heavy atom. The molecule has 0 bridgehead atoms. The van der Waals surface area contributed by atoms with Crippen LogP contribution >= 0.6 is 0 Å². The number of aromatic nitrogens is 1. The molecule has 1 aromatic heterocycles. The lowest BCUT2D eigenvalue weighted by Gasteiger charge is -2.20. The van der Waals surface area contributed by atoms with Crippen LogP contribution in [-0.4, -0.2) is 28.2 Å². The van der Waals surface area contributed by atoms with Crippen molar-refractivity contribution in [3.8, 4) is 5.75 Å². The molecule has 7 nitrogen and oxygen atoms in total. The van der Waals surface area contributed by atoms with Gasteiger partial charge in [0.2, 0.25) is 0 Å². The van der Waals surface area contributed by atoms with E-state index >= 15 is 0 Å². The minimum atomic E-state index is -0.952. The molecule has 0 radical (unpaired) electrons. The molecule has 0 amide bonds. The van der Waals surface area contributed by atoms with Crippen molar-refractivity contribution in [2.45, 2.75) is 52.4 Å². The highest BCUT2D eigenvalue weighted by Crippen LogP contribution is 2.32. The Hall–Kier alpha value is -3.61. The van der Waals surface area contributed by atoms with Gasteiger partial charge in [-0.25, -0.2) is 0 Å². The number of esters is 1. The van der Waals surface area contributed by atoms with Crippen molar-refractivity contribution in [3.63, 3.8) is 0 Å². The molecule has 1 aliphatic rings. The standard InChI is InChI=1S/C27H30N2O5/c1-3-4-5-12-28-21-10-8-18-7-6-13-29-22-11-9-19(16-20(22)27(33)25(21)26(18)29)34-24(32)15-17(2)14-23(30)31/h6,8-11,13,16-17,28H,3-5,7,12,14-15H2,1-2H3,(H,30,31). The summed E-state index contributed by atoms with van der Waals surface area (Å²) in [4.78, 5) is 36.9. The predicted octanol–water partition coefficient (Wildman–Crippen LogP) is 5.19. The van der Waals surface area contributed by atoms with E-state index in [4.69, 9.17) is 9.84 Å². The lowest BCUT2D eigenvalue weighted by molar-refractivity contribution is -0.139. The van der Waals surface area contributed by atoms with Gasteiger partial charge in [-0.05, 0) is 48.6 Å². The Morgan fingerprint density at radius 1 is 1.18 bits per heavy atom. The number of ether oxygens (including phenoxy) is 1. The zero-order valence-electron chi connectivity index (χ0n) is 19.6. The summed E-state index contributed by atoms with van der Waals surface area (Å²) in [7, 11) is 0. The zero-order chi connectivity index (χ0) is 24.2. The van der Waals surface area contributed by atoms with Crippen LogP contribution in [0.15, 0.2) is 41.2 Å². The summed E-state index contributed by atoms with van der Waals surface area (Å²) in [6.45, 7) is 4.64. The van der Waals surface area contributed by atoms with Crippen LogP contribution in [-0.2, 0) is 16.0 Å². The van der Waals surface area contributed by atoms with E-state index in [0.717, 1.165) is 54.5 Å². The number of benzene rings is 2. The second-order valence-corrected chi connectivity index (χ2v) is 8.98. The molecule has 0 fully saturated rings. The number of nitrogens with zero attached hydrogens (tertiary/aromatic N) is 1. The van der Waals surface area contributed by atoms with Crippen LogP contribution in [0.4, 0.5) is 5.69 Å². The first-order valence-corrected chi connectivity index (χ1v) is 11.9. The zero-order valence-corrected chi connectivity index (χ0v) is 19.6. The number of carbonyl (C=O) groups is 2. The van der Waals surface area contributed by atoms with Crippen LogP contribution in [0, 0.1) is 5.92 Å². The third kappa shape index (κ3) is 4.83. The van der Waals surface area contributed by atoms with E-state index < -0.39 is 11.9 Å². The molecule has 7 heteroatoms. The topological polar surface area (TPSA) is 97.6 Å². The van der Waals surface area contributed by atoms with Crippen LogP contribution in [0.5, 0.6) is 5.75 Å². The molecule has 178 valence electrons. The molecule has 0 aliphatic carbocycles. The first-order chi connectivity index (χ1) is 16.4. The van der Waals surface area contributed by atoms with Crippen molar-refractivity contribution in [3.05, 3.63) is 52.2 Å². The smallest absolute Gasteiger partial charge is 0.311 e. The summed E-state index contributed by atoms with van der Waals surface area (Å²) < 4.78 is 7.49. The highest BCUT2D eigenvalue weighted by molar-refractivity contribution is 6.03. The number of rotatable bonds is 10. The first-order valence-electron chi connectivity index (χ1n) is 11.9. The number of aliphatic carboxylic acids is 1. The average Bonchev–Trinajstić information content (AvgIpc) is 2.79. The van der Waals surface area contributed by atoms with E-state index in [1.165, 1.54) is 0 Å². The Labute approximate surface area is 198 Å². The van der Waals surface area contributed by atoms with Crippen LogP contribution < -0.4 is 15.5 Å². The predicted molar refractivity (Wildman–Crippen MR) is 134 cm³/mol. The number of unbranched alkanes of at least 4 members (excludes halogenated alkanes) is 2. The molecule has 2 N–H and O–H groups in total. The third-order valence-electron chi connectivity index (χ3n) is 6.16. The van der Waals surface area contributed by atoms with E-state index in [1.54, 1.807) is 25.1 Å². The molecular formula is C27H30N2O5. The van der Waals surface area contributed by atoms with Crippen molar-refractivity contribution in [1.29, 1.82) is 0 Å². The van der Waals surface area contributed by atoms with Crippen LogP contribution in [0.25, 0.3) is 28.0 Å². The Kier molecular flexibility index (Phi) is 7.01. The van der Waals surface area contributed by atoms with Gasteiger partial charge < -0.3 is 19.7 Å². The summed E-state index contributed by atoms with van der Waals surface area (Å²) in [5.41, 5.74) is 3.47. The van der Waals surface area contributed by atoms with Gasteiger partial charge in [0.25, 0.3) is 0 Å². The molecule has 2 heterocycles. The monoisotopic (exact) mass is 462 g/mol. The number of allylic oxidation sites excluding steroid dienone is 1. The van der Waals surface area contributed by atoms with Crippen molar-refractivity contribution in [2.75, 3.05) is 11.9 Å². The number of hydrogen-bond donors (Lipinski definition) is 2. The van der Waals surface area contributed by atoms with Crippen molar-refractivity contribution < 1.29 is 19.4 Å². The number of fused-ring (bicyclic) bond motifs is 2. The lowest BCUT2D eigenvalue weighted by atomic mass is 9.99. The van der Waals surface area contributed by atoms with Gasteiger partial charge in [-0.3, -0.25) is 14.4 Å². The minimum Gasteiger partial charge on any atom is -0.481 e. The molecule has 2 aromatic carbocycles. The molecule has 0 spiro atoms. The molecule has 1 atom stereocenters. The maximum absolute atomic E-state index is 13.7. The molecule has 1 aliphatic heterocycles. The highest BCUT2D eigenvalue weighted by Gasteiger charge is 2.19. The summed E-state index contributed by atoms with van der Waals surface area (Å²) in [6, 6.07) is 9.13. The number of hydrogen-bond acceptors (Lipinski definition) is 5. The van der Waals surface area contributed by atoms with Gasteiger partial charge in [0.15, 0.2) is 5.43 Å². The summed E-state index contributed by atoms with van der Waals surface area (Å²) >= 11 is 0. The summed E-state index contributed by atoms with van der Waals surface area (Å²) in [5, 5.41) is 13.5.